The third kappa shape index (κ3) is 6.45. The van der Waals surface area contributed by atoms with Crippen LogP contribution in [0.15, 0.2) is 109 Å². The molecule has 1 N–H and O–H groups in total. The molecule has 0 aliphatic carbocycles. The molecule has 268 valence electrons. The summed E-state index contributed by atoms with van der Waals surface area (Å²) in [4.78, 5) is 63.5. The van der Waals surface area contributed by atoms with Crippen molar-refractivity contribution in [1.82, 2.24) is 0 Å². The van der Waals surface area contributed by atoms with Gasteiger partial charge < -0.3 is 23.1 Å². The molecule has 0 amide bonds. The first-order valence-corrected chi connectivity index (χ1v) is 17.3. The summed E-state index contributed by atoms with van der Waals surface area (Å²) in [6, 6.07) is 22.7. The maximum absolute atomic E-state index is 12.6. The Labute approximate surface area is 319 Å². The summed E-state index contributed by atoms with van der Waals surface area (Å²) in [6.07, 6.45) is -0.469. The first-order valence-electron chi connectivity index (χ1n) is 15.8. The topological polar surface area (TPSA) is 195 Å². The molecule has 0 saturated heterocycles. The summed E-state index contributed by atoms with van der Waals surface area (Å²) in [5, 5.41) is 22.7. The van der Waals surface area contributed by atoms with E-state index in [1.54, 1.807) is 48.5 Å². The Bertz CT molecular complexity index is 3080. The van der Waals surface area contributed by atoms with Gasteiger partial charge in [-0.15, -0.1) is 0 Å². The van der Waals surface area contributed by atoms with Crippen molar-refractivity contribution in [2.75, 3.05) is 0 Å². The number of hydrogen-bond acceptors (Lipinski definition) is 12. The number of benzene rings is 5. The number of halogens is 2. The monoisotopic (exact) mass is 851 g/mol. The number of carbonyl (C=O) groups is 1. The second-order valence-corrected chi connectivity index (χ2v) is 13.6. The van der Waals surface area contributed by atoms with Crippen molar-refractivity contribution in [1.29, 1.82) is 5.26 Å². The summed E-state index contributed by atoms with van der Waals surface area (Å²) in [5.41, 5.74) is 3.76. The quantitative estimate of drug-likeness (QED) is 0.0663. The van der Waals surface area contributed by atoms with Crippen molar-refractivity contribution in [3.05, 3.63) is 141 Å². The number of esters is 1. The molecule has 1 unspecified atom stereocenters. The number of fused-ring (bicyclic) bond motifs is 4. The Kier molecular flexibility index (Phi) is 10.3. The number of aryl methyl sites for hydroxylation is 3. The lowest BCUT2D eigenvalue weighted by atomic mass is 9.95. The number of phenols is 1. The van der Waals surface area contributed by atoms with Gasteiger partial charge in [0, 0.05) is 47.5 Å². The van der Waals surface area contributed by atoms with Crippen molar-refractivity contribution in [3.8, 4) is 11.8 Å². The van der Waals surface area contributed by atoms with E-state index in [4.69, 9.17) is 32.8 Å². The number of cyclic esters (lactones) is 1. The molecule has 0 spiro atoms. The molecule has 3 aromatic heterocycles. The van der Waals surface area contributed by atoms with Gasteiger partial charge in [-0.3, -0.25) is 0 Å². The molecule has 54 heavy (non-hydrogen) atoms. The van der Waals surface area contributed by atoms with Crippen molar-refractivity contribution < 1.29 is 37.5 Å². The van der Waals surface area contributed by atoms with Gasteiger partial charge in [0.1, 0.15) is 34.0 Å². The zero-order valence-corrected chi connectivity index (χ0v) is 31.4. The van der Waals surface area contributed by atoms with Crippen molar-refractivity contribution in [3.63, 3.8) is 0 Å². The second kappa shape index (κ2) is 14.9. The molecular formula is C40H23Br2NO11. The van der Waals surface area contributed by atoms with Gasteiger partial charge in [-0.2, -0.15) is 14.9 Å². The van der Waals surface area contributed by atoms with Crippen LogP contribution < -0.4 is 16.9 Å². The van der Waals surface area contributed by atoms with Gasteiger partial charge in [-0.25, -0.2) is 19.2 Å². The molecule has 0 radical (unpaired) electrons. The van der Waals surface area contributed by atoms with Crippen LogP contribution >= 0.6 is 31.9 Å². The lowest BCUT2D eigenvalue weighted by molar-refractivity contribution is -0.191. The number of rotatable bonds is 0. The fourth-order valence-electron chi connectivity index (χ4n) is 6.38. The predicted molar refractivity (Wildman–Crippen MR) is 204 cm³/mol. The molecule has 0 saturated carbocycles. The number of hydrogen-bond donors (Lipinski definition) is 1. The normalized spacial score (nSPS) is 12.9. The number of nitrogens with zero attached hydrogens (tertiary/aromatic N) is 1. The third-order valence-electron chi connectivity index (χ3n) is 8.79. The highest BCUT2D eigenvalue weighted by Gasteiger charge is 2.32. The molecule has 0 fully saturated rings. The summed E-state index contributed by atoms with van der Waals surface area (Å²) in [5.74, 6) is -0.567. The Balaban J connectivity index is 0.000000145. The largest absolute Gasteiger partial charge is 0.506 e. The zero-order chi connectivity index (χ0) is 39.0. The van der Waals surface area contributed by atoms with E-state index in [2.05, 4.69) is 31.9 Å². The first kappa shape index (κ1) is 37.4. The van der Waals surface area contributed by atoms with E-state index in [1.165, 1.54) is 6.07 Å². The molecule has 1 aliphatic rings. The second-order valence-electron chi connectivity index (χ2n) is 11.9. The SMILES string of the molecule is Cc1c(Br)ccc2oc(=O)ccc12.Cc1cccc2c(O)c3c(=O)oc4ccc(Br)c5c(=O)oc(c12)c3c45.Cc1cccc2c1C(C#N)OC2=O.O=C=O. The lowest BCUT2D eigenvalue weighted by Crippen LogP contribution is -2.07. The Hall–Kier alpha value is -6.39. The minimum absolute atomic E-state index is 0.0208. The molecule has 0 bridgehead atoms. The van der Waals surface area contributed by atoms with Gasteiger partial charge in [-0.1, -0.05) is 46.3 Å². The number of carbonyl (C=O) groups excluding carboxylic acids is 3. The summed E-state index contributed by atoms with van der Waals surface area (Å²) >= 11 is 6.77. The standard InChI is InChI=1S/C19H9BrO5.C10H7BrO2.C10H7NO2.CO2/c1-7-3-2-4-8-11(7)17-14-13-10(24-19(23)15(14)16(8)21)6-5-9(20)12(13)18(22)25-17;1-6-7-2-5-10(12)13-9(7)4-3-8(6)11;1-6-3-2-4-7-9(6)8(5-11)13-10(7)12;2-1-3/h2-6,21H,1H3;2-5H,1H3;2-4,8H,1H3;. The molecular weight excluding hydrogens is 830 g/mol. The lowest BCUT2D eigenvalue weighted by Gasteiger charge is -2.13. The highest BCUT2D eigenvalue weighted by atomic mass is 79.9. The number of aromatic hydroxyl groups is 1. The average Bonchev–Trinajstić information content (AvgIpc) is 3.48. The highest BCUT2D eigenvalue weighted by Crippen LogP contribution is 2.43. The van der Waals surface area contributed by atoms with E-state index in [1.807, 2.05) is 45.0 Å². The molecule has 14 heteroatoms. The Morgan fingerprint density at radius 3 is 2.04 bits per heavy atom. The van der Waals surface area contributed by atoms with Crippen LogP contribution in [-0.2, 0) is 14.3 Å². The minimum Gasteiger partial charge on any atom is -0.506 e. The average molecular weight is 853 g/mol. The van der Waals surface area contributed by atoms with Crippen LogP contribution in [0.2, 0.25) is 0 Å². The predicted octanol–water partition coefficient (Wildman–Crippen LogP) is 8.43. The van der Waals surface area contributed by atoms with Crippen LogP contribution in [0.25, 0.3) is 54.5 Å². The summed E-state index contributed by atoms with van der Waals surface area (Å²) < 4.78 is 22.4. The third-order valence-corrected chi connectivity index (χ3v) is 10.3. The van der Waals surface area contributed by atoms with E-state index in [0.29, 0.717) is 37.2 Å². The van der Waals surface area contributed by atoms with E-state index in [0.717, 1.165) is 32.1 Å². The van der Waals surface area contributed by atoms with Crippen LogP contribution in [0.5, 0.6) is 5.75 Å². The maximum Gasteiger partial charge on any atom is 0.373 e. The van der Waals surface area contributed by atoms with Crippen LogP contribution in [0.4, 0.5) is 0 Å². The van der Waals surface area contributed by atoms with Crippen LogP contribution in [0.1, 0.15) is 38.7 Å². The number of phenolic OH excluding ortho intramolecular Hbond substituents is 1. The highest BCUT2D eigenvalue weighted by molar-refractivity contribution is 9.11. The van der Waals surface area contributed by atoms with Gasteiger partial charge in [0.15, 0.2) is 0 Å². The van der Waals surface area contributed by atoms with Gasteiger partial charge >= 0.3 is 29.0 Å². The van der Waals surface area contributed by atoms with E-state index in [9.17, 15) is 24.3 Å². The van der Waals surface area contributed by atoms with Gasteiger partial charge in [0.05, 0.1) is 10.9 Å². The van der Waals surface area contributed by atoms with Crippen molar-refractivity contribution in [2.45, 2.75) is 26.9 Å². The fraction of sp³-hybridized carbons (Fsp3) is 0.100. The molecule has 12 nitrogen and oxygen atoms in total. The molecule has 4 heterocycles. The summed E-state index contributed by atoms with van der Waals surface area (Å²) in [6.45, 7) is 5.70. The minimum atomic E-state index is -0.719. The van der Waals surface area contributed by atoms with E-state index < -0.39 is 23.3 Å². The molecule has 1 aliphatic heterocycles. The van der Waals surface area contributed by atoms with Crippen LogP contribution in [0.3, 0.4) is 0 Å². The maximum atomic E-state index is 12.6. The van der Waals surface area contributed by atoms with E-state index in [-0.39, 0.29) is 39.5 Å². The van der Waals surface area contributed by atoms with E-state index >= 15 is 0 Å². The Morgan fingerprint density at radius 1 is 0.667 bits per heavy atom. The fourth-order valence-corrected chi connectivity index (χ4v) is 7.22. The number of nitriles is 1. The number of ether oxygens (including phenoxy) is 1. The van der Waals surface area contributed by atoms with Gasteiger partial charge in [0.25, 0.3) is 0 Å². The first-order chi connectivity index (χ1) is 25.8. The van der Waals surface area contributed by atoms with Crippen LogP contribution in [0, 0.1) is 32.1 Å². The smallest absolute Gasteiger partial charge is 0.373 e. The molecule has 9 rings (SSSR count). The van der Waals surface area contributed by atoms with Crippen molar-refractivity contribution >= 4 is 98.4 Å². The van der Waals surface area contributed by atoms with Crippen LogP contribution in [-0.4, -0.2) is 17.2 Å². The molecule has 8 aromatic rings. The Morgan fingerprint density at radius 2 is 1.31 bits per heavy atom. The van der Waals surface area contributed by atoms with Crippen molar-refractivity contribution in [2.24, 2.45) is 0 Å². The molecule has 5 aromatic carbocycles. The van der Waals surface area contributed by atoms with Gasteiger partial charge in [-0.05, 0) is 89.8 Å². The molecule has 1 atom stereocenters. The van der Waals surface area contributed by atoms with Gasteiger partial charge in [0.2, 0.25) is 6.10 Å². The zero-order valence-electron chi connectivity index (χ0n) is 28.2. The summed E-state index contributed by atoms with van der Waals surface area (Å²) in [7, 11) is 0.